The van der Waals surface area contributed by atoms with E-state index >= 15 is 0 Å². The highest BCUT2D eigenvalue weighted by Crippen LogP contribution is 2.22. The molecule has 0 aliphatic rings. The number of carboxylic acid groups (broad SMARTS) is 1. The number of anilines is 1. The van der Waals surface area contributed by atoms with Crippen molar-refractivity contribution in [3.8, 4) is 0 Å². The summed E-state index contributed by atoms with van der Waals surface area (Å²) in [5.74, 6) is -3.72. The van der Waals surface area contributed by atoms with Crippen LogP contribution in [-0.4, -0.2) is 17.0 Å². The molecule has 0 spiro atoms. The van der Waals surface area contributed by atoms with Gasteiger partial charge in [0.2, 0.25) is 5.91 Å². The number of carbonyl (C=O) groups excluding carboxylic acids is 1. The molecule has 0 saturated carbocycles. The van der Waals surface area contributed by atoms with E-state index < -0.39 is 35.1 Å². The Morgan fingerprint density at radius 2 is 1.95 bits per heavy atom. The van der Waals surface area contributed by atoms with Crippen LogP contribution in [0.2, 0.25) is 0 Å². The Morgan fingerprint density at radius 1 is 1.32 bits per heavy atom. The zero-order valence-corrected chi connectivity index (χ0v) is 10.7. The number of hydrogen-bond acceptors (Lipinski definition) is 2. The number of hydrogen-bond donors (Lipinski definition) is 2. The van der Waals surface area contributed by atoms with E-state index in [-0.39, 0.29) is 18.4 Å². The molecule has 0 aromatic heterocycles. The molecule has 4 nitrogen and oxygen atoms in total. The number of aliphatic carboxylic acids is 1. The first-order valence-electron chi connectivity index (χ1n) is 5.77. The van der Waals surface area contributed by atoms with Crippen LogP contribution in [0.5, 0.6) is 0 Å². The minimum atomic E-state index is -1.02. The number of carboxylic acids is 1. The van der Waals surface area contributed by atoms with Crippen LogP contribution in [0.1, 0.15) is 25.3 Å². The summed E-state index contributed by atoms with van der Waals surface area (Å²) in [6.07, 6.45) is -0.286. The largest absolute Gasteiger partial charge is 0.481 e. The molecule has 0 bridgehead atoms. The van der Waals surface area contributed by atoms with E-state index in [1.807, 2.05) is 0 Å². The van der Waals surface area contributed by atoms with Gasteiger partial charge in [-0.1, -0.05) is 13.0 Å². The predicted octanol–water partition coefficient (Wildman–Crippen LogP) is 2.71. The normalized spacial score (nSPS) is 12.0. The minimum Gasteiger partial charge on any atom is -0.481 e. The molecule has 1 rings (SSSR count). The van der Waals surface area contributed by atoms with Crippen molar-refractivity contribution in [3.05, 3.63) is 29.3 Å². The molecule has 1 amide bonds. The third kappa shape index (κ3) is 4.31. The minimum absolute atomic E-state index is 0.112. The maximum absolute atomic E-state index is 13.6. The lowest BCUT2D eigenvalue weighted by Gasteiger charge is -2.11. The van der Waals surface area contributed by atoms with Gasteiger partial charge in [-0.15, -0.1) is 0 Å². The Morgan fingerprint density at radius 3 is 2.53 bits per heavy atom. The first kappa shape index (κ1) is 15.1. The quantitative estimate of drug-likeness (QED) is 0.865. The summed E-state index contributed by atoms with van der Waals surface area (Å²) in [7, 11) is 0. The van der Waals surface area contributed by atoms with E-state index in [1.165, 1.54) is 13.0 Å². The van der Waals surface area contributed by atoms with Gasteiger partial charge in [0.25, 0.3) is 0 Å². The van der Waals surface area contributed by atoms with Crippen molar-refractivity contribution in [2.24, 2.45) is 5.92 Å². The fraction of sp³-hybridized carbons (Fsp3) is 0.385. The number of rotatable bonds is 5. The van der Waals surface area contributed by atoms with Gasteiger partial charge < -0.3 is 10.4 Å². The summed E-state index contributed by atoms with van der Waals surface area (Å²) in [4.78, 5) is 22.0. The Hall–Kier alpha value is -1.98. The number of nitrogens with one attached hydrogen (secondary N) is 1. The zero-order chi connectivity index (χ0) is 14.6. The molecule has 0 radical (unpaired) electrons. The van der Waals surface area contributed by atoms with Crippen molar-refractivity contribution in [2.45, 2.75) is 26.7 Å². The van der Waals surface area contributed by atoms with E-state index in [2.05, 4.69) is 5.32 Å². The maximum atomic E-state index is 13.6. The second-order valence-corrected chi connectivity index (χ2v) is 4.51. The molecule has 6 heteroatoms. The van der Waals surface area contributed by atoms with Gasteiger partial charge in [-0.2, -0.15) is 0 Å². The van der Waals surface area contributed by atoms with Crippen LogP contribution < -0.4 is 5.32 Å². The van der Waals surface area contributed by atoms with E-state index in [1.54, 1.807) is 6.92 Å². The van der Waals surface area contributed by atoms with Crippen LogP contribution in [-0.2, 0) is 9.59 Å². The Bertz CT molecular complexity index is 503. The summed E-state index contributed by atoms with van der Waals surface area (Å²) in [5, 5.41) is 10.7. The topological polar surface area (TPSA) is 66.4 Å². The van der Waals surface area contributed by atoms with Gasteiger partial charge in [-0.25, -0.2) is 8.78 Å². The third-order valence-electron chi connectivity index (χ3n) is 2.61. The maximum Gasteiger partial charge on any atom is 0.303 e. The Kier molecular flexibility index (Phi) is 4.97. The fourth-order valence-electron chi connectivity index (χ4n) is 1.65. The highest BCUT2D eigenvalue weighted by atomic mass is 19.1. The van der Waals surface area contributed by atoms with Crippen LogP contribution in [0, 0.1) is 24.5 Å². The summed E-state index contributed by atoms with van der Waals surface area (Å²) in [5.41, 5.74) is -0.275. The van der Waals surface area contributed by atoms with Gasteiger partial charge in [0, 0.05) is 12.8 Å². The molecule has 0 fully saturated rings. The SMILES string of the molecule is Cc1ccc(F)c(NC(=O)CC(C)CC(=O)O)c1F. The van der Waals surface area contributed by atoms with E-state index in [9.17, 15) is 18.4 Å². The van der Waals surface area contributed by atoms with Crippen LogP contribution in [0.15, 0.2) is 12.1 Å². The van der Waals surface area contributed by atoms with Crippen molar-refractivity contribution < 1.29 is 23.5 Å². The smallest absolute Gasteiger partial charge is 0.303 e. The molecule has 0 heterocycles. The highest BCUT2D eigenvalue weighted by Gasteiger charge is 2.17. The van der Waals surface area contributed by atoms with Gasteiger partial charge in [-0.3, -0.25) is 9.59 Å². The standard InChI is InChI=1S/C13H15F2NO3/c1-7(6-11(18)19)5-10(17)16-13-9(14)4-3-8(2)12(13)15/h3-4,7H,5-6H2,1-2H3,(H,16,17)(H,18,19). The molecule has 0 aliphatic heterocycles. The lowest BCUT2D eigenvalue weighted by molar-refractivity contribution is -0.138. The van der Waals surface area contributed by atoms with Gasteiger partial charge in [0.15, 0.2) is 5.82 Å². The molecule has 2 N–H and O–H groups in total. The van der Waals surface area contributed by atoms with E-state index in [0.717, 1.165) is 6.07 Å². The average Bonchev–Trinajstić information content (AvgIpc) is 2.28. The van der Waals surface area contributed by atoms with Crippen molar-refractivity contribution >= 4 is 17.6 Å². The van der Waals surface area contributed by atoms with Crippen molar-refractivity contribution in [1.29, 1.82) is 0 Å². The summed E-state index contributed by atoms with van der Waals surface area (Å²) < 4.78 is 27.0. The van der Waals surface area contributed by atoms with Gasteiger partial charge in [0.1, 0.15) is 11.5 Å². The van der Waals surface area contributed by atoms with Gasteiger partial charge in [0.05, 0.1) is 0 Å². The first-order chi connectivity index (χ1) is 8.81. The van der Waals surface area contributed by atoms with Crippen LogP contribution in [0.25, 0.3) is 0 Å². The molecular formula is C13H15F2NO3. The van der Waals surface area contributed by atoms with Gasteiger partial charge >= 0.3 is 5.97 Å². The monoisotopic (exact) mass is 271 g/mol. The van der Waals surface area contributed by atoms with Crippen molar-refractivity contribution in [1.82, 2.24) is 0 Å². The first-order valence-corrected chi connectivity index (χ1v) is 5.77. The van der Waals surface area contributed by atoms with Gasteiger partial charge in [-0.05, 0) is 24.5 Å². The molecule has 0 saturated heterocycles. The zero-order valence-electron chi connectivity index (χ0n) is 10.7. The highest BCUT2D eigenvalue weighted by molar-refractivity contribution is 5.91. The molecule has 1 unspecified atom stereocenters. The predicted molar refractivity (Wildman–Crippen MR) is 65.8 cm³/mol. The van der Waals surface area contributed by atoms with Crippen LogP contribution >= 0.6 is 0 Å². The molecule has 104 valence electrons. The van der Waals surface area contributed by atoms with E-state index in [4.69, 9.17) is 5.11 Å². The molecule has 1 aromatic rings. The van der Waals surface area contributed by atoms with E-state index in [0.29, 0.717) is 0 Å². The van der Waals surface area contributed by atoms with Crippen LogP contribution in [0.4, 0.5) is 14.5 Å². The number of amides is 1. The Balaban J connectivity index is 2.72. The van der Waals surface area contributed by atoms with Crippen molar-refractivity contribution in [2.75, 3.05) is 5.32 Å². The molecular weight excluding hydrogens is 256 g/mol. The number of halogens is 2. The lowest BCUT2D eigenvalue weighted by atomic mass is 10.0. The summed E-state index contributed by atoms with van der Waals surface area (Å²) in [6.45, 7) is 3.04. The number of aryl methyl sites for hydroxylation is 1. The van der Waals surface area contributed by atoms with Crippen LogP contribution in [0.3, 0.4) is 0 Å². The summed E-state index contributed by atoms with van der Waals surface area (Å²) >= 11 is 0. The average molecular weight is 271 g/mol. The van der Waals surface area contributed by atoms with Crippen molar-refractivity contribution in [3.63, 3.8) is 0 Å². The molecule has 1 atom stereocenters. The molecule has 19 heavy (non-hydrogen) atoms. The summed E-state index contributed by atoms with van der Waals surface area (Å²) in [6, 6.07) is 2.34. The third-order valence-corrected chi connectivity index (χ3v) is 2.61. The Labute approximate surface area is 109 Å². The molecule has 0 aliphatic carbocycles. The molecule has 1 aromatic carbocycles. The lowest BCUT2D eigenvalue weighted by Crippen LogP contribution is -2.18. The fourth-order valence-corrected chi connectivity index (χ4v) is 1.65. The second kappa shape index (κ2) is 6.26. The second-order valence-electron chi connectivity index (χ2n) is 4.51. The number of benzene rings is 1. The number of carbonyl (C=O) groups is 2.